The lowest BCUT2D eigenvalue weighted by molar-refractivity contribution is -0.175. The topological polar surface area (TPSA) is 93.2 Å². The smallest absolute Gasteiger partial charge is 0.336 e. The molecule has 8 nitrogen and oxygen atoms in total. The first-order chi connectivity index (χ1) is 16.1. The van der Waals surface area contributed by atoms with Crippen molar-refractivity contribution in [1.29, 1.82) is 0 Å². The van der Waals surface area contributed by atoms with Gasteiger partial charge in [-0.1, -0.05) is 35.4 Å². The summed E-state index contributed by atoms with van der Waals surface area (Å²) in [5.41, 5.74) is 0.854. The number of fused-ring (bicyclic) bond motifs is 8. The van der Waals surface area contributed by atoms with E-state index in [1.54, 1.807) is 12.1 Å². The number of hydrogen-bond donors (Lipinski definition) is 0. The molecule has 2 amide bonds. The molecule has 2 aromatic carbocycles. The molecule has 0 radical (unpaired) electrons. The van der Waals surface area contributed by atoms with E-state index in [-0.39, 0.29) is 0 Å². The zero-order valence-electron chi connectivity index (χ0n) is 20.0. The fourth-order valence-electron chi connectivity index (χ4n) is 6.82. The number of benzene rings is 2. The van der Waals surface area contributed by atoms with E-state index in [9.17, 15) is 19.2 Å². The van der Waals surface area contributed by atoms with Gasteiger partial charge in [-0.3, -0.25) is 19.4 Å². The number of hydrogen-bond acceptors (Lipinski definition) is 6. The van der Waals surface area contributed by atoms with Crippen LogP contribution in [0.3, 0.4) is 0 Å². The monoisotopic (exact) mass is 462 g/mol. The molecule has 0 spiro atoms. The summed E-state index contributed by atoms with van der Waals surface area (Å²) in [4.78, 5) is 56.8. The molecule has 0 N–H and O–H groups in total. The fourth-order valence-corrected chi connectivity index (χ4v) is 6.82. The van der Waals surface area contributed by atoms with Gasteiger partial charge in [0, 0.05) is 37.1 Å². The van der Waals surface area contributed by atoms with Gasteiger partial charge in [0.2, 0.25) is 11.8 Å². The van der Waals surface area contributed by atoms with Gasteiger partial charge in [-0.25, -0.2) is 9.59 Å². The Kier molecular flexibility index (Phi) is 4.50. The fraction of sp³-hybridized carbons (Fsp3) is 0.385. The number of amides is 2. The van der Waals surface area contributed by atoms with E-state index in [2.05, 4.69) is 0 Å². The number of aryl methyl sites for hydroxylation is 2. The average molecular weight is 463 g/mol. The number of esters is 2. The third kappa shape index (κ3) is 2.14. The van der Waals surface area contributed by atoms with Gasteiger partial charge >= 0.3 is 11.9 Å². The van der Waals surface area contributed by atoms with Crippen LogP contribution >= 0.6 is 0 Å². The van der Waals surface area contributed by atoms with Crippen LogP contribution in [-0.2, 0) is 28.7 Å². The summed E-state index contributed by atoms with van der Waals surface area (Å²) >= 11 is 0. The van der Waals surface area contributed by atoms with E-state index in [4.69, 9.17) is 9.47 Å². The normalized spacial score (nSPS) is 27.7. The van der Waals surface area contributed by atoms with Crippen molar-refractivity contribution < 1.29 is 28.7 Å². The van der Waals surface area contributed by atoms with E-state index < -0.39 is 46.7 Å². The molecule has 2 aromatic rings. The van der Waals surface area contributed by atoms with Gasteiger partial charge in [-0.15, -0.1) is 0 Å². The van der Waals surface area contributed by atoms with Gasteiger partial charge in [0.25, 0.3) is 0 Å². The van der Waals surface area contributed by atoms with Crippen molar-refractivity contribution in [2.24, 2.45) is 0 Å². The van der Waals surface area contributed by atoms with E-state index in [1.165, 1.54) is 37.9 Å². The Morgan fingerprint density at radius 3 is 1.35 bits per heavy atom. The maximum absolute atomic E-state index is 13.9. The first-order valence-corrected chi connectivity index (χ1v) is 11.1. The van der Waals surface area contributed by atoms with Gasteiger partial charge in [0.15, 0.2) is 11.1 Å². The highest BCUT2D eigenvalue weighted by Crippen LogP contribution is 2.76. The zero-order valence-corrected chi connectivity index (χ0v) is 20.0. The standard InChI is InChI=1S/C26H26N2O6/c1-13-7-9-19-17(11-13)21-22-18-12-14(2)8-10-20(18)28(16(4)30)26(22,24(32)34-6)25(21,23(31)33-5)27(19)15(3)29/h7-12,21-22H,1-6H3/t21?,22?,25-,26-/m0/s1. The molecule has 0 aromatic heterocycles. The van der Waals surface area contributed by atoms with Crippen LogP contribution in [0.1, 0.15) is 47.9 Å². The summed E-state index contributed by atoms with van der Waals surface area (Å²) < 4.78 is 10.6. The van der Waals surface area contributed by atoms with Crippen LogP contribution in [0.5, 0.6) is 0 Å². The van der Waals surface area contributed by atoms with Crippen LogP contribution in [0.2, 0.25) is 0 Å². The summed E-state index contributed by atoms with van der Waals surface area (Å²) in [5.74, 6) is -3.62. The zero-order chi connectivity index (χ0) is 24.7. The molecular weight excluding hydrogens is 436 g/mol. The summed E-state index contributed by atoms with van der Waals surface area (Å²) in [6, 6.07) is 11.1. The van der Waals surface area contributed by atoms with E-state index in [1.807, 2.05) is 38.1 Å². The molecule has 0 saturated heterocycles. The molecular formula is C26H26N2O6. The van der Waals surface area contributed by atoms with Crippen LogP contribution in [0.4, 0.5) is 11.4 Å². The van der Waals surface area contributed by atoms with Crippen molar-refractivity contribution in [3.63, 3.8) is 0 Å². The molecule has 2 heterocycles. The second-order valence-corrected chi connectivity index (χ2v) is 9.30. The van der Waals surface area contributed by atoms with Crippen LogP contribution in [0.15, 0.2) is 36.4 Å². The summed E-state index contributed by atoms with van der Waals surface area (Å²) in [5, 5.41) is 0. The van der Waals surface area contributed by atoms with Gasteiger partial charge < -0.3 is 9.47 Å². The lowest BCUT2D eigenvalue weighted by atomic mass is 9.45. The molecule has 2 unspecified atom stereocenters. The molecule has 4 atom stereocenters. The van der Waals surface area contributed by atoms with Crippen LogP contribution in [0, 0.1) is 13.8 Å². The quantitative estimate of drug-likeness (QED) is 0.637. The summed E-state index contributed by atoms with van der Waals surface area (Å²) in [7, 11) is 2.45. The lowest BCUT2D eigenvalue weighted by Crippen LogP contribution is -2.87. The van der Waals surface area contributed by atoms with Gasteiger partial charge in [0.05, 0.1) is 14.2 Å². The Hall–Kier alpha value is -3.68. The highest BCUT2D eigenvalue weighted by molar-refractivity contribution is 6.19. The molecule has 176 valence electrons. The highest BCUT2D eigenvalue weighted by atomic mass is 16.5. The first kappa shape index (κ1) is 22.1. The molecule has 34 heavy (non-hydrogen) atoms. The number of carbonyl (C=O) groups excluding carboxylic acids is 4. The minimum absolute atomic E-state index is 0.435. The number of rotatable bonds is 2. The molecule has 5 rings (SSSR count). The lowest BCUT2D eigenvalue weighted by Gasteiger charge is -2.63. The predicted octanol–water partition coefficient (Wildman–Crippen LogP) is 2.74. The molecule has 0 bridgehead atoms. The second kappa shape index (κ2) is 6.91. The van der Waals surface area contributed by atoms with Crippen molar-refractivity contribution in [2.45, 2.75) is 50.6 Å². The van der Waals surface area contributed by atoms with Crippen molar-refractivity contribution in [2.75, 3.05) is 24.0 Å². The molecule has 3 aliphatic rings. The average Bonchev–Trinajstić information content (AvgIpc) is 3.19. The highest BCUT2D eigenvalue weighted by Gasteiger charge is 2.90. The SMILES string of the molecule is COC(=O)[C@]12C(c3cc(C)ccc3N1C(C)=O)C1c3cc(C)ccc3N(C(C)=O)[C@]12C(=O)OC. The maximum Gasteiger partial charge on any atom is 0.336 e. The Bertz CT molecular complexity index is 1200. The Morgan fingerprint density at radius 2 is 1.06 bits per heavy atom. The van der Waals surface area contributed by atoms with E-state index in [0.29, 0.717) is 11.4 Å². The molecule has 1 aliphatic carbocycles. The Labute approximate surface area is 197 Å². The van der Waals surface area contributed by atoms with E-state index in [0.717, 1.165) is 22.3 Å². The predicted molar refractivity (Wildman–Crippen MR) is 124 cm³/mol. The largest absolute Gasteiger partial charge is 0.467 e. The van der Waals surface area contributed by atoms with Crippen LogP contribution in [0.25, 0.3) is 0 Å². The number of nitrogens with zero attached hydrogens (tertiary/aromatic N) is 2. The minimum atomic E-state index is -1.82. The molecule has 1 saturated carbocycles. The van der Waals surface area contributed by atoms with E-state index >= 15 is 0 Å². The Morgan fingerprint density at radius 1 is 0.706 bits per heavy atom. The minimum Gasteiger partial charge on any atom is -0.467 e. The van der Waals surface area contributed by atoms with Crippen molar-refractivity contribution in [3.05, 3.63) is 58.7 Å². The number of anilines is 2. The first-order valence-electron chi connectivity index (χ1n) is 11.1. The van der Waals surface area contributed by atoms with Gasteiger partial charge in [0.1, 0.15) is 0 Å². The number of methoxy groups -OCH3 is 2. The second-order valence-electron chi connectivity index (χ2n) is 9.30. The summed E-state index contributed by atoms with van der Waals surface area (Å²) in [6.45, 7) is 6.55. The number of carbonyl (C=O) groups is 4. The number of ether oxygens (including phenoxy) is 2. The van der Waals surface area contributed by atoms with Gasteiger partial charge in [-0.05, 0) is 37.1 Å². The van der Waals surface area contributed by atoms with Crippen LogP contribution in [-0.4, -0.2) is 49.1 Å². The molecule has 1 fully saturated rings. The van der Waals surface area contributed by atoms with Gasteiger partial charge in [-0.2, -0.15) is 0 Å². The third-order valence-electron chi connectivity index (χ3n) is 7.66. The van der Waals surface area contributed by atoms with Crippen LogP contribution < -0.4 is 9.80 Å². The van der Waals surface area contributed by atoms with Crippen molar-refractivity contribution >= 4 is 35.1 Å². The van der Waals surface area contributed by atoms with Crippen molar-refractivity contribution in [3.8, 4) is 0 Å². The third-order valence-corrected chi connectivity index (χ3v) is 7.66. The maximum atomic E-state index is 13.9. The Balaban J connectivity index is 1.97. The summed E-state index contributed by atoms with van der Waals surface area (Å²) in [6.07, 6.45) is 0. The molecule has 2 aliphatic heterocycles. The van der Waals surface area contributed by atoms with Crippen molar-refractivity contribution in [1.82, 2.24) is 0 Å². The molecule has 8 heteroatoms.